The molecule has 0 bridgehead atoms. The Kier molecular flexibility index (Phi) is 8.64. The lowest BCUT2D eigenvalue weighted by atomic mass is 9.82. The van der Waals surface area contributed by atoms with E-state index >= 15 is 0 Å². The topological polar surface area (TPSA) is 118 Å². The zero-order valence-corrected chi connectivity index (χ0v) is 22.1. The van der Waals surface area contributed by atoms with Crippen molar-refractivity contribution >= 4 is 28.7 Å². The highest BCUT2D eigenvalue weighted by Crippen LogP contribution is 2.30. The summed E-state index contributed by atoms with van der Waals surface area (Å²) in [6.45, 7) is 5.75. The second-order valence-electron chi connectivity index (χ2n) is 11.5. The molecule has 0 unspecified atom stereocenters. The van der Waals surface area contributed by atoms with Crippen molar-refractivity contribution in [3.8, 4) is 0 Å². The molecule has 0 radical (unpaired) electrons. The van der Waals surface area contributed by atoms with Crippen LogP contribution in [0, 0.1) is 17.8 Å². The Balaban J connectivity index is 1.16. The summed E-state index contributed by atoms with van der Waals surface area (Å²) < 4.78 is 0. The number of carbonyl (C=O) groups excluding carboxylic acids is 1. The van der Waals surface area contributed by atoms with Crippen molar-refractivity contribution in [1.82, 2.24) is 20.5 Å². The van der Waals surface area contributed by atoms with Crippen LogP contribution in [-0.4, -0.2) is 84.0 Å². The fourth-order valence-corrected chi connectivity index (χ4v) is 6.26. The SMILES string of the molecule is O=C(O)NCC1CCC(CNC(=O)c2cc(N3CCC(CCN4CC(O)C4)CC3)nc3ccccc23)CC1. The molecule has 38 heavy (non-hydrogen) atoms. The number of amides is 2. The van der Waals surface area contributed by atoms with Crippen molar-refractivity contribution in [2.75, 3.05) is 50.7 Å². The minimum Gasteiger partial charge on any atom is -0.465 e. The van der Waals surface area contributed by atoms with Gasteiger partial charge in [0.05, 0.1) is 17.2 Å². The lowest BCUT2D eigenvalue weighted by molar-refractivity contribution is -0.00111. The Bertz CT molecular complexity index is 1110. The van der Waals surface area contributed by atoms with Crippen LogP contribution < -0.4 is 15.5 Å². The molecular formula is C29H41N5O4. The number of carbonyl (C=O) groups is 2. The van der Waals surface area contributed by atoms with Gasteiger partial charge in [-0.25, -0.2) is 9.78 Å². The number of aliphatic hydroxyl groups is 1. The maximum atomic E-state index is 13.4. The van der Waals surface area contributed by atoms with Gasteiger partial charge in [-0.15, -0.1) is 0 Å². The van der Waals surface area contributed by atoms with Gasteiger partial charge in [-0.1, -0.05) is 18.2 Å². The standard InChI is InChI=1S/C29H41N5O4/c35-23-18-33(19-23)12-9-20-10-13-34(14-11-20)27-15-25(24-3-1-2-4-26(24)32-27)28(36)30-16-21-5-7-22(8-6-21)17-31-29(37)38/h1-4,15,20-23,31,35H,5-14,16-19H2,(H,30,36)(H,37,38). The Morgan fingerprint density at radius 2 is 1.58 bits per heavy atom. The van der Waals surface area contributed by atoms with E-state index in [-0.39, 0.29) is 12.0 Å². The Morgan fingerprint density at radius 3 is 2.24 bits per heavy atom. The average Bonchev–Trinajstić information content (AvgIpc) is 2.92. The van der Waals surface area contributed by atoms with E-state index in [4.69, 9.17) is 10.1 Å². The quantitative estimate of drug-likeness (QED) is 0.398. The van der Waals surface area contributed by atoms with Gasteiger partial charge in [-0.3, -0.25) is 9.69 Å². The molecule has 1 aliphatic carbocycles. The number of rotatable bonds is 9. The maximum absolute atomic E-state index is 13.4. The third-order valence-corrected chi connectivity index (χ3v) is 8.74. The molecule has 0 atom stereocenters. The average molecular weight is 524 g/mol. The molecule has 1 saturated carbocycles. The van der Waals surface area contributed by atoms with Crippen LogP contribution in [0.25, 0.3) is 10.9 Å². The van der Waals surface area contributed by atoms with E-state index in [9.17, 15) is 14.7 Å². The first kappa shape index (κ1) is 26.7. The predicted molar refractivity (Wildman–Crippen MR) is 148 cm³/mol. The van der Waals surface area contributed by atoms with E-state index < -0.39 is 6.09 Å². The molecule has 3 heterocycles. The third-order valence-electron chi connectivity index (χ3n) is 8.74. The number of likely N-dealkylation sites (tertiary alicyclic amines) is 1. The van der Waals surface area contributed by atoms with Gasteiger partial charge in [-0.2, -0.15) is 0 Å². The number of nitrogens with one attached hydrogen (secondary N) is 2. The van der Waals surface area contributed by atoms with Crippen LogP contribution in [0.2, 0.25) is 0 Å². The van der Waals surface area contributed by atoms with Crippen LogP contribution in [0.4, 0.5) is 10.6 Å². The first-order valence-corrected chi connectivity index (χ1v) is 14.2. The largest absolute Gasteiger partial charge is 0.465 e. The number of benzene rings is 1. The monoisotopic (exact) mass is 523 g/mol. The van der Waals surface area contributed by atoms with E-state index in [1.807, 2.05) is 30.3 Å². The summed E-state index contributed by atoms with van der Waals surface area (Å²) in [6.07, 6.45) is 6.30. The van der Waals surface area contributed by atoms with Gasteiger partial charge >= 0.3 is 6.09 Å². The first-order valence-electron chi connectivity index (χ1n) is 14.2. The van der Waals surface area contributed by atoms with E-state index in [0.717, 1.165) is 88.0 Å². The van der Waals surface area contributed by atoms with Crippen LogP contribution in [0.1, 0.15) is 55.3 Å². The van der Waals surface area contributed by atoms with Crippen LogP contribution in [0.15, 0.2) is 30.3 Å². The minimum atomic E-state index is -0.962. The Morgan fingerprint density at radius 1 is 0.921 bits per heavy atom. The zero-order chi connectivity index (χ0) is 26.5. The van der Waals surface area contributed by atoms with E-state index in [2.05, 4.69) is 20.4 Å². The van der Waals surface area contributed by atoms with Gasteiger partial charge in [0.1, 0.15) is 5.82 Å². The van der Waals surface area contributed by atoms with E-state index in [1.54, 1.807) is 0 Å². The van der Waals surface area contributed by atoms with Crippen molar-refractivity contribution < 1.29 is 19.8 Å². The molecule has 2 aliphatic heterocycles. The molecule has 0 spiro atoms. The number of nitrogens with zero attached hydrogens (tertiary/aromatic N) is 3. The van der Waals surface area contributed by atoms with E-state index in [0.29, 0.717) is 36.4 Å². The van der Waals surface area contributed by atoms with Crippen molar-refractivity contribution in [2.45, 2.75) is 51.0 Å². The smallest absolute Gasteiger partial charge is 0.404 e. The van der Waals surface area contributed by atoms with Crippen LogP contribution in [0.3, 0.4) is 0 Å². The second kappa shape index (κ2) is 12.3. The molecule has 9 heteroatoms. The minimum absolute atomic E-state index is 0.0499. The third kappa shape index (κ3) is 6.74. The van der Waals surface area contributed by atoms with E-state index in [1.165, 1.54) is 6.42 Å². The van der Waals surface area contributed by atoms with Crippen LogP contribution >= 0.6 is 0 Å². The number of para-hydroxylation sites is 1. The molecule has 2 amide bonds. The number of β-amino-alcohol motifs (C(OH)–C–C–N with tert-alkyl or cyclic N) is 1. The normalized spacial score (nSPS) is 23.2. The zero-order valence-electron chi connectivity index (χ0n) is 22.1. The molecule has 4 N–H and O–H groups in total. The number of aliphatic hydroxyl groups excluding tert-OH is 1. The molecule has 2 aromatic rings. The van der Waals surface area contributed by atoms with Crippen molar-refractivity contribution in [3.05, 3.63) is 35.9 Å². The molecule has 1 aromatic carbocycles. The summed E-state index contributed by atoms with van der Waals surface area (Å²) >= 11 is 0. The molecule has 2 saturated heterocycles. The molecular weight excluding hydrogens is 482 g/mol. The number of pyridine rings is 1. The van der Waals surface area contributed by atoms with Crippen LogP contribution in [0.5, 0.6) is 0 Å². The van der Waals surface area contributed by atoms with Crippen molar-refractivity contribution in [2.24, 2.45) is 17.8 Å². The van der Waals surface area contributed by atoms with Gasteiger partial charge in [0.25, 0.3) is 5.91 Å². The summed E-state index contributed by atoms with van der Waals surface area (Å²) in [4.78, 5) is 33.7. The Hall–Kier alpha value is -2.91. The summed E-state index contributed by atoms with van der Waals surface area (Å²) in [5.41, 5.74) is 1.53. The van der Waals surface area contributed by atoms with Crippen molar-refractivity contribution in [1.29, 1.82) is 0 Å². The fraction of sp³-hybridized carbons (Fsp3) is 0.621. The van der Waals surface area contributed by atoms with Gasteiger partial charge < -0.3 is 25.7 Å². The number of fused-ring (bicyclic) bond motifs is 1. The van der Waals surface area contributed by atoms with Gasteiger partial charge in [0.15, 0.2) is 0 Å². The molecule has 1 aromatic heterocycles. The highest BCUT2D eigenvalue weighted by atomic mass is 16.4. The lowest BCUT2D eigenvalue weighted by Crippen LogP contribution is -2.51. The number of hydrogen-bond donors (Lipinski definition) is 4. The highest BCUT2D eigenvalue weighted by Gasteiger charge is 2.27. The summed E-state index contributed by atoms with van der Waals surface area (Å²) in [6, 6.07) is 9.85. The molecule has 3 fully saturated rings. The molecule has 3 aliphatic rings. The summed E-state index contributed by atoms with van der Waals surface area (Å²) in [7, 11) is 0. The molecule has 9 nitrogen and oxygen atoms in total. The summed E-state index contributed by atoms with van der Waals surface area (Å²) in [5, 5.41) is 24.9. The van der Waals surface area contributed by atoms with Crippen molar-refractivity contribution in [3.63, 3.8) is 0 Å². The first-order chi connectivity index (χ1) is 18.4. The number of anilines is 1. The predicted octanol–water partition coefficient (Wildman–Crippen LogP) is 3.32. The number of aromatic nitrogens is 1. The fourth-order valence-electron chi connectivity index (χ4n) is 6.26. The molecule has 206 valence electrons. The second-order valence-corrected chi connectivity index (χ2v) is 11.5. The lowest BCUT2D eigenvalue weighted by Gasteiger charge is -2.38. The van der Waals surface area contributed by atoms with Gasteiger partial charge in [0.2, 0.25) is 0 Å². The van der Waals surface area contributed by atoms with Gasteiger partial charge in [0, 0.05) is 44.7 Å². The number of hydrogen-bond acceptors (Lipinski definition) is 6. The molecule has 5 rings (SSSR count). The highest BCUT2D eigenvalue weighted by molar-refractivity contribution is 6.07. The Labute approximate surface area is 224 Å². The summed E-state index contributed by atoms with van der Waals surface area (Å²) in [5.74, 6) is 2.33. The maximum Gasteiger partial charge on any atom is 0.404 e. The number of piperidine rings is 1. The van der Waals surface area contributed by atoms with Gasteiger partial charge in [-0.05, 0) is 81.4 Å². The van der Waals surface area contributed by atoms with Crippen LogP contribution in [-0.2, 0) is 0 Å². The number of carboxylic acid groups (broad SMARTS) is 1.